The van der Waals surface area contributed by atoms with Crippen molar-refractivity contribution in [1.29, 1.82) is 5.26 Å². The molecule has 1 N–H and O–H groups in total. The number of benzene rings is 1. The normalized spacial score (nSPS) is 14.9. The van der Waals surface area contributed by atoms with Crippen LogP contribution >= 0.6 is 11.6 Å². The van der Waals surface area contributed by atoms with E-state index in [4.69, 9.17) is 16.9 Å². The van der Waals surface area contributed by atoms with Crippen LogP contribution in [0, 0.1) is 11.3 Å². The van der Waals surface area contributed by atoms with Crippen molar-refractivity contribution in [1.82, 2.24) is 4.90 Å². The summed E-state index contributed by atoms with van der Waals surface area (Å²) in [6.45, 7) is 0.112. The second kappa shape index (κ2) is 6.44. The Morgan fingerprint density at radius 1 is 1.42 bits per heavy atom. The molecule has 1 aromatic carbocycles. The van der Waals surface area contributed by atoms with Gasteiger partial charge in [-0.05, 0) is 25.0 Å². The molecule has 1 saturated carbocycles. The molecular formula is C14H16ClN3O. The Hall–Kier alpha value is -1.73. The highest BCUT2D eigenvalue weighted by molar-refractivity contribution is 6.33. The maximum atomic E-state index is 12.2. The summed E-state index contributed by atoms with van der Waals surface area (Å²) >= 11 is 6.01. The number of nitrogens with zero attached hydrogens (tertiary/aromatic N) is 2. The molecule has 0 saturated heterocycles. The van der Waals surface area contributed by atoms with Crippen LogP contribution in [0.25, 0.3) is 0 Å². The van der Waals surface area contributed by atoms with E-state index in [1.165, 1.54) is 0 Å². The van der Waals surface area contributed by atoms with Gasteiger partial charge in [0.15, 0.2) is 0 Å². The van der Waals surface area contributed by atoms with E-state index >= 15 is 0 Å². The fourth-order valence-corrected chi connectivity index (χ4v) is 2.59. The van der Waals surface area contributed by atoms with Crippen LogP contribution in [0.4, 0.5) is 10.5 Å². The molecule has 2 amide bonds. The van der Waals surface area contributed by atoms with Crippen LogP contribution in [-0.2, 0) is 0 Å². The van der Waals surface area contributed by atoms with Gasteiger partial charge < -0.3 is 10.2 Å². The summed E-state index contributed by atoms with van der Waals surface area (Å²) in [6.07, 6.45) is 4.17. The quantitative estimate of drug-likeness (QED) is 0.858. The minimum atomic E-state index is -0.249. The number of carbonyl (C=O) groups excluding carboxylic acids is 1. The summed E-state index contributed by atoms with van der Waals surface area (Å²) in [6, 6.07) is 9.07. The van der Waals surface area contributed by atoms with Crippen LogP contribution < -0.4 is 5.32 Å². The molecule has 0 spiro atoms. The zero-order valence-corrected chi connectivity index (χ0v) is 11.4. The van der Waals surface area contributed by atoms with Gasteiger partial charge >= 0.3 is 6.03 Å². The van der Waals surface area contributed by atoms with Crippen molar-refractivity contribution in [3.63, 3.8) is 0 Å². The fourth-order valence-electron chi connectivity index (χ4n) is 2.41. The van der Waals surface area contributed by atoms with E-state index in [1.807, 2.05) is 12.1 Å². The molecular weight excluding hydrogens is 262 g/mol. The van der Waals surface area contributed by atoms with Gasteiger partial charge in [-0.15, -0.1) is 0 Å². The molecule has 0 atom stereocenters. The lowest BCUT2D eigenvalue weighted by atomic mass is 10.2. The first-order valence-electron chi connectivity index (χ1n) is 6.41. The van der Waals surface area contributed by atoms with E-state index in [-0.39, 0.29) is 18.6 Å². The average Bonchev–Trinajstić information content (AvgIpc) is 2.92. The van der Waals surface area contributed by atoms with Crippen molar-refractivity contribution in [3.8, 4) is 6.07 Å². The molecule has 1 fully saturated rings. The van der Waals surface area contributed by atoms with Crippen LogP contribution in [0.1, 0.15) is 25.7 Å². The Balaban J connectivity index is 2.07. The van der Waals surface area contributed by atoms with Crippen LogP contribution in [0.3, 0.4) is 0 Å². The van der Waals surface area contributed by atoms with Crippen LogP contribution in [0.15, 0.2) is 24.3 Å². The van der Waals surface area contributed by atoms with Crippen molar-refractivity contribution in [2.24, 2.45) is 0 Å². The lowest BCUT2D eigenvalue weighted by molar-refractivity contribution is 0.197. The van der Waals surface area contributed by atoms with E-state index < -0.39 is 0 Å². The van der Waals surface area contributed by atoms with Gasteiger partial charge in [0.25, 0.3) is 0 Å². The van der Waals surface area contributed by atoms with Gasteiger partial charge in [0.1, 0.15) is 6.54 Å². The third kappa shape index (κ3) is 3.39. The van der Waals surface area contributed by atoms with E-state index in [0.29, 0.717) is 10.7 Å². The lowest BCUT2D eigenvalue weighted by Gasteiger charge is -2.26. The lowest BCUT2D eigenvalue weighted by Crippen LogP contribution is -2.41. The number of urea groups is 1. The molecule has 1 aromatic rings. The van der Waals surface area contributed by atoms with Crippen LogP contribution in [-0.4, -0.2) is 23.5 Å². The Morgan fingerprint density at radius 2 is 2.11 bits per heavy atom. The Labute approximate surface area is 118 Å². The van der Waals surface area contributed by atoms with E-state index in [0.717, 1.165) is 25.7 Å². The Morgan fingerprint density at radius 3 is 2.74 bits per heavy atom. The van der Waals surface area contributed by atoms with E-state index in [2.05, 4.69) is 11.4 Å². The summed E-state index contributed by atoms with van der Waals surface area (Å²) in [4.78, 5) is 13.9. The van der Waals surface area contributed by atoms with Gasteiger partial charge in [-0.1, -0.05) is 36.6 Å². The highest BCUT2D eigenvalue weighted by atomic mass is 35.5. The van der Waals surface area contributed by atoms with Crippen molar-refractivity contribution in [2.45, 2.75) is 31.7 Å². The number of hydrogen-bond donors (Lipinski definition) is 1. The second-order valence-corrected chi connectivity index (χ2v) is 5.04. The predicted molar refractivity (Wildman–Crippen MR) is 75.0 cm³/mol. The minimum Gasteiger partial charge on any atom is -0.308 e. The van der Waals surface area contributed by atoms with Crippen LogP contribution in [0.5, 0.6) is 0 Å². The first kappa shape index (κ1) is 13.7. The third-order valence-corrected chi connectivity index (χ3v) is 3.71. The standard InChI is InChI=1S/C14H16ClN3O/c15-12-7-3-4-8-13(12)17-14(19)18(10-9-16)11-5-1-2-6-11/h3-4,7-8,11H,1-2,5-6,10H2,(H,17,19). The number of nitriles is 1. The van der Waals surface area contributed by atoms with Crippen molar-refractivity contribution in [3.05, 3.63) is 29.3 Å². The zero-order valence-electron chi connectivity index (χ0n) is 10.6. The second-order valence-electron chi connectivity index (χ2n) is 4.63. The summed E-state index contributed by atoms with van der Waals surface area (Å²) < 4.78 is 0. The summed E-state index contributed by atoms with van der Waals surface area (Å²) in [5.74, 6) is 0. The third-order valence-electron chi connectivity index (χ3n) is 3.38. The van der Waals surface area contributed by atoms with Gasteiger partial charge in [-0.25, -0.2) is 4.79 Å². The molecule has 100 valence electrons. The van der Waals surface area contributed by atoms with Crippen molar-refractivity contribution >= 4 is 23.3 Å². The van der Waals surface area contributed by atoms with E-state index in [9.17, 15) is 4.79 Å². The molecule has 4 nitrogen and oxygen atoms in total. The first-order valence-corrected chi connectivity index (χ1v) is 6.79. The van der Waals surface area contributed by atoms with Gasteiger partial charge in [-0.3, -0.25) is 0 Å². The number of carbonyl (C=O) groups is 1. The Kier molecular flexibility index (Phi) is 4.64. The smallest absolute Gasteiger partial charge is 0.308 e. The van der Waals surface area contributed by atoms with Gasteiger partial charge in [0.2, 0.25) is 0 Å². The molecule has 0 aromatic heterocycles. The maximum Gasteiger partial charge on any atom is 0.323 e. The average molecular weight is 278 g/mol. The SMILES string of the molecule is N#CCN(C(=O)Nc1ccccc1Cl)C1CCCC1. The van der Waals surface area contributed by atoms with Gasteiger partial charge in [0.05, 0.1) is 16.8 Å². The minimum absolute atomic E-state index is 0.112. The number of anilines is 1. The first-order chi connectivity index (χ1) is 9.22. The zero-order chi connectivity index (χ0) is 13.7. The molecule has 2 rings (SSSR count). The van der Waals surface area contributed by atoms with Crippen molar-refractivity contribution in [2.75, 3.05) is 11.9 Å². The summed E-state index contributed by atoms with van der Waals surface area (Å²) in [5.41, 5.74) is 0.579. The number of nitrogens with one attached hydrogen (secondary N) is 1. The molecule has 0 radical (unpaired) electrons. The summed E-state index contributed by atoms with van der Waals surface area (Å²) in [7, 11) is 0. The van der Waals surface area contributed by atoms with Crippen LogP contribution in [0.2, 0.25) is 5.02 Å². The topological polar surface area (TPSA) is 56.1 Å². The molecule has 0 aliphatic heterocycles. The monoisotopic (exact) mass is 277 g/mol. The van der Waals surface area contributed by atoms with E-state index in [1.54, 1.807) is 17.0 Å². The maximum absolute atomic E-state index is 12.2. The highest BCUT2D eigenvalue weighted by Gasteiger charge is 2.26. The molecule has 5 heteroatoms. The fraction of sp³-hybridized carbons (Fsp3) is 0.429. The van der Waals surface area contributed by atoms with Crippen molar-refractivity contribution < 1.29 is 4.79 Å². The molecule has 0 bridgehead atoms. The van der Waals surface area contributed by atoms with Gasteiger partial charge in [0, 0.05) is 6.04 Å². The predicted octanol–water partition coefficient (Wildman–Crippen LogP) is 3.64. The molecule has 0 heterocycles. The largest absolute Gasteiger partial charge is 0.323 e. The summed E-state index contributed by atoms with van der Waals surface area (Å²) in [5, 5.41) is 12.1. The highest BCUT2D eigenvalue weighted by Crippen LogP contribution is 2.25. The number of halogens is 1. The number of para-hydroxylation sites is 1. The number of hydrogen-bond acceptors (Lipinski definition) is 2. The number of rotatable bonds is 3. The molecule has 0 unspecified atom stereocenters. The molecule has 1 aliphatic carbocycles. The number of amides is 2. The molecule has 19 heavy (non-hydrogen) atoms. The van der Waals surface area contributed by atoms with Gasteiger partial charge in [-0.2, -0.15) is 5.26 Å². The molecule has 1 aliphatic rings. The Bertz CT molecular complexity index is 492.